The van der Waals surface area contributed by atoms with E-state index < -0.39 is 0 Å². The highest BCUT2D eigenvalue weighted by atomic mass is 28.2. The van der Waals surface area contributed by atoms with Crippen molar-refractivity contribution in [1.82, 2.24) is 10.6 Å². The fourth-order valence-electron chi connectivity index (χ4n) is 3.64. The first kappa shape index (κ1) is 20.6. The van der Waals surface area contributed by atoms with Crippen LogP contribution in [0.1, 0.15) is 46.6 Å². The van der Waals surface area contributed by atoms with Crippen molar-refractivity contribution in [2.24, 2.45) is 5.92 Å². The first-order valence-corrected chi connectivity index (χ1v) is 10.9. The van der Waals surface area contributed by atoms with Gasteiger partial charge in [0, 0.05) is 25.0 Å². The third kappa shape index (κ3) is 5.70. The minimum Gasteiger partial charge on any atom is -0.486 e. The summed E-state index contributed by atoms with van der Waals surface area (Å²) in [5.41, 5.74) is 1.07. The summed E-state index contributed by atoms with van der Waals surface area (Å²) >= 11 is 0. The summed E-state index contributed by atoms with van der Waals surface area (Å²) in [6.45, 7) is 15.3. The lowest BCUT2D eigenvalue weighted by molar-refractivity contribution is 0.0133. The summed E-state index contributed by atoms with van der Waals surface area (Å²) in [5.74, 6) is 2.14. The van der Waals surface area contributed by atoms with E-state index in [4.69, 9.17) is 13.9 Å². The second kappa shape index (κ2) is 8.51. The molecule has 2 heterocycles. The number of hydrogen-bond acceptors (Lipinski definition) is 5. The molecule has 2 aliphatic heterocycles. The maximum absolute atomic E-state index is 6.40. The third-order valence-corrected chi connectivity index (χ3v) is 6.41. The van der Waals surface area contributed by atoms with Crippen LogP contribution in [0.2, 0.25) is 5.04 Å². The van der Waals surface area contributed by atoms with E-state index in [0.717, 1.165) is 37.6 Å². The summed E-state index contributed by atoms with van der Waals surface area (Å²) in [7, 11) is 0.499. The molecule has 0 amide bonds. The molecule has 2 atom stereocenters. The lowest BCUT2D eigenvalue weighted by atomic mass is 9.81. The highest BCUT2D eigenvalue weighted by molar-refractivity contribution is 6.31. The summed E-state index contributed by atoms with van der Waals surface area (Å²) in [5, 5.41) is 7.54. The van der Waals surface area contributed by atoms with Crippen molar-refractivity contribution in [2.45, 2.75) is 64.3 Å². The van der Waals surface area contributed by atoms with Gasteiger partial charge >= 0.3 is 0 Å². The molecule has 6 heteroatoms. The van der Waals surface area contributed by atoms with Crippen LogP contribution in [0.5, 0.6) is 11.5 Å². The van der Waals surface area contributed by atoms with Gasteiger partial charge in [0.15, 0.2) is 11.5 Å². The second-order valence-corrected chi connectivity index (χ2v) is 11.0. The Kier molecular flexibility index (Phi) is 6.51. The third-order valence-electron chi connectivity index (χ3n) is 5.17. The van der Waals surface area contributed by atoms with Gasteiger partial charge in [0.25, 0.3) is 0 Å². The van der Waals surface area contributed by atoms with Gasteiger partial charge in [-0.2, -0.15) is 0 Å². The van der Waals surface area contributed by atoms with Gasteiger partial charge in [0.05, 0.1) is 5.60 Å². The highest BCUT2D eigenvalue weighted by Crippen LogP contribution is 2.32. The smallest absolute Gasteiger partial charge is 0.236 e. The fourth-order valence-corrected chi connectivity index (χ4v) is 4.36. The van der Waals surface area contributed by atoms with Crippen LogP contribution < -0.4 is 20.1 Å². The minimum atomic E-state index is -0.163. The Morgan fingerprint density at radius 1 is 1.15 bits per heavy atom. The molecule has 2 unspecified atom stereocenters. The van der Waals surface area contributed by atoms with Gasteiger partial charge in [-0.25, -0.2) is 0 Å². The average molecular weight is 391 g/mol. The number of rotatable bonds is 6. The molecule has 1 aromatic rings. The molecule has 0 aliphatic carbocycles. The van der Waals surface area contributed by atoms with Crippen LogP contribution in [0.4, 0.5) is 0 Å². The molecule has 0 saturated carbocycles. The maximum atomic E-state index is 6.40. The van der Waals surface area contributed by atoms with Crippen molar-refractivity contribution in [2.75, 3.05) is 26.3 Å². The number of piperidine rings is 1. The molecule has 5 nitrogen and oxygen atoms in total. The average Bonchev–Trinajstić information content (AvgIpc) is 2.64. The van der Waals surface area contributed by atoms with Gasteiger partial charge in [0.2, 0.25) is 9.76 Å². The van der Waals surface area contributed by atoms with E-state index in [1.54, 1.807) is 0 Å². The van der Waals surface area contributed by atoms with E-state index in [1.165, 1.54) is 5.56 Å². The summed E-state index contributed by atoms with van der Waals surface area (Å²) < 4.78 is 17.7. The molecule has 2 N–H and O–H groups in total. The predicted octanol–water partition coefficient (Wildman–Crippen LogP) is 3.16. The highest BCUT2D eigenvalue weighted by Gasteiger charge is 2.38. The lowest BCUT2D eigenvalue weighted by Crippen LogP contribution is -2.56. The van der Waals surface area contributed by atoms with Crippen molar-refractivity contribution >= 4 is 9.76 Å². The van der Waals surface area contributed by atoms with Crippen LogP contribution in [-0.4, -0.2) is 47.7 Å². The largest absolute Gasteiger partial charge is 0.486 e. The molecule has 1 fully saturated rings. The zero-order valence-corrected chi connectivity index (χ0v) is 18.4. The fraction of sp³-hybridized carbons (Fsp3) is 0.714. The molecule has 2 aliphatic rings. The maximum Gasteiger partial charge on any atom is 0.236 e. The molecular formula is C21H34N2O3Si. The van der Waals surface area contributed by atoms with Gasteiger partial charge in [-0.05, 0) is 49.5 Å². The van der Waals surface area contributed by atoms with Gasteiger partial charge < -0.3 is 24.5 Å². The number of ether oxygens (including phenoxy) is 2. The molecule has 0 spiro atoms. The van der Waals surface area contributed by atoms with Crippen molar-refractivity contribution in [3.8, 4) is 11.5 Å². The second-order valence-electron chi connectivity index (χ2n) is 9.12. The van der Waals surface area contributed by atoms with Crippen LogP contribution in [-0.2, 0) is 11.0 Å². The molecule has 1 aromatic carbocycles. The quantitative estimate of drug-likeness (QED) is 0.731. The molecule has 1 saturated heterocycles. The Bertz CT molecular complexity index is 630. The summed E-state index contributed by atoms with van der Waals surface area (Å²) in [6, 6.07) is 6.67. The Labute approximate surface area is 166 Å². The Morgan fingerprint density at radius 3 is 2.63 bits per heavy atom. The molecule has 2 radical (unpaired) electrons. The standard InChI is InChI=1S/C21H34N2O3Si/c1-20(2,3)27-26-21(4,5)16-14-22-9-8-17(16)23-13-15-6-7-18-19(12-15)25-11-10-24-18/h6-7,12,16-17,22-23H,8-11,13-14H2,1-5H3. The van der Waals surface area contributed by atoms with E-state index in [0.29, 0.717) is 34.9 Å². The molecular weight excluding hydrogens is 356 g/mol. The van der Waals surface area contributed by atoms with Crippen molar-refractivity contribution in [3.05, 3.63) is 23.8 Å². The Hall–Kier alpha value is -1.08. The van der Waals surface area contributed by atoms with Gasteiger partial charge in [-0.1, -0.05) is 26.8 Å². The number of nitrogens with one attached hydrogen (secondary N) is 2. The molecule has 0 bridgehead atoms. The number of hydrogen-bond donors (Lipinski definition) is 2. The van der Waals surface area contributed by atoms with E-state index >= 15 is 0 Å². The van der Waals surface area contributed by atoms with Crippen molar-refractivity contribution < 1.29 is 13.9 Å². The first-order valence-electron chi connectivity index (χ1n) is 10.0. The van der Waals surface area contributed by atoms with Gasteiger partial charge in [-0.15, -0.1) is 0 Å². The molecule has 150 valence electrons. The monoisotopic (exact) mass is 390 g/mol. The van der Waals surface area contributed by atoms with Crippen molar-refractivity contribution in [3.63, 3.8) is 0 Å². The topological polar surface area (TPSA) is 51.8 Å². The summed E-state index contributed by atoms with van der Waals surface area (Å²) in [6.07, 6.45) is 1.11. The van der Waals surface area contributed by atoms with Crippen LogP contribution in [0, 0.1) is 5.92 Å². The van der Waals surface area contributed by atoms with E-state index in [-0.39, 0.29) is 10.6 Å². The normalized spacial score (nSPS) is 23.3. The van der Waals surface area contributed by atoms with Crippen LogP contribution in [0.3, 0.4) is 0 Å². The Balaban J connectivity index is 1.62. The number of fused-ring (bicyclic) bond motifs is 1. The zero-order chi connectivity index (χ0) is 19.5. The molecule has 3 rings (SSSR count). The molecule has 0 aromatic heterocycles. The summed E-state index contributed by atoms with van der Waals surface area (Å²) in [4.78, 5) is 0. The van der Waals surface area contributed by atoms with E-state index in [1.807, 2.05) is 6.07 Å². The zero-order valence-electron chi connectivity index (χ0n) is 17.4. The SMILES string of the molecule is CC(C)(C)[Si]OC(C)(C)C1CNCCC1NCc1ccc2c(c1)OCCO2. The predicted molar refractivity (Wildman–Crippen MR) is 110 cm³/mol. The lowest BCUT2D eigenvalue weighted by Gasteiger charge is -2.44. The number of benzene rings is 1. The first-order chi connectivity index (χ1) is 12.7. The minimum absolute atomic E-state index is 0.163. The van der Waals surface area contributed by atoms with Gasteiger partial charge in [0.1, 0.15) is 13.2 Å². The molecule has 27 heavy (non-hydrogen) atoms. The Morgan fingerprint density at radius 2 is 1.89 bits per heavy atom. The van der Waals surface area contributed by atoms with E-state index in [2.05, 4.69) is 57.4 Å². The van der Waals surface area contributed by atoms with Gasteiger partial charge in [-0.3, -0.25) is 0 Å². The van der Waals surface area contributed by atoms with E-state index in [9.17, 15) is 0 Å². The van der Waals surface area contributed by atoms with Crippen LogP contribution >= 0.6 is 0 Å². The van der Waals surface area contributed by atoms with Crippen molar-refractivity contribution in [1.29, 1.82) is 0 Å². The van der Waals surface area contributed by atoms with Crippen LogP contribution in [0.25, 0.3) is 0 Å². The van der Waals surface area contributed by atoms with Crippen LogP contribution in [0.15, 0.2) is 18.2 Å².